The van der Waals surface area contributed by atoms with Gasteiger partial charge in [0.1, 0.15) is 0 Å². The number of hydrogen-bond donors (Lipinski definition) is 1. The van der Waals surface area contributed by atoms with Crippen LogP contribution in [0.25, 0.3) is 0 Å². The highest BCUT2D eigenvalue weighted by Gasteiger charge is 1.97. The van der Waals surface area contributed by atoms with E-state index < -0.39 is 11.9 Å². The van der Waals surface area contributed by atoms with Crippen LogP contribution >= 0.6 is 0 Å². The number of carbonyl (C=O) groups excluding carboxylic acids is 2. The number of carbonyl (C=O) groups is 2. The molecule has 0 atom stereocenters. The minimum atomic E-state index is -0.727. The first-order chi connectivity index (χ1) is 7.72. The Labute approximate surface area is 93.6 Å². The first-order valence-corrected chi connectivity index (χ1v) is 4.64. The van der Waals surface area contributed by atoms with Gasteiger partial charge in [-0.3, -0.25) is 4.79 Å². The van der Waals surface area contributed by atoms with E-state index >= 15 is 0 Å². The van der Waals surface area contributed by atoms with Crippen LogP contribution in [0.5, 0.6) is 0 Å². The van der Waals surface area contributed by atoms with E-state index in [0.717, 1.165) is 5.56 Å². The molecule has 4 heteroatoms. The van der Waals surface area contributed by atoms with Gasteiger partial charge in [-0.2, -0.15) is 0 Å². The van der Waals surface area contributed by atoms with E-state index in [1.165, 1.54) is 7.11 Å². The number of amides is 1. The number of benzene rings is 1. The summed E-state index contributed by atoms with van der Waals surface area (Å²) in [7, 11) is 1.21. The van der Waals surface area contributed by atoms with Gasteiger partial charge in [0.2, 0.25) is 0 Å². The molecule has 4 nitrogen and oxygen atoms in total. The third kappa shape index (κ3) is 4.29. The van der Waals surface area contributed by atoms with Crippen molar-refractivity contribution in [2.24, 2.45) is 0 Å². The lowest BCUT2D eigenvalue weighted by Crippen LogP contribution is -2.21. The first-order valence-electron chi connectivity index (χ1n) is 4.64. The molecule has 0 unspecified atom stereocenters. The summed E-state index contributed by atoms with van der Waals surface area (Å²) in [4.78, 5) is 21.8. The first kappa shape index (κ1) is 11.8. The van der Waals surface area contributed by atoms with Crippen molar-refractivity contribution in [3.63, 3.8) is 0 Å². The molecular formula is C12H11NO3. The fraction of sp³-hybridized carbons (Fsp3) is 0.167. The topological polar surface area (TPSA) is 55.4 Å². The van der Waals surface area contributed by atoms with Gasteiger partial charge in [0.15, 0.2) is 0 Å². The summed E-state index contributed by atoms with van der Waals surface area (Å²) in [6, 6.07) is 9.41. The molecule has 0 radical (unpaired) electrons. The van der Waals surface area contributed by atoms with Crippen molar-refractivity contribution in [3.8, 4) is 11.8 Å². The van der Waals surface area contributed by atoms with Crippen LogP contribution in [-0.4, -0.2) is 19.0 Å². The maximum absolute atomic E-state index is 11.1. The molecule has 82 valence electrons. The van der Waals surface area contributed by atoms with E-state index in [4.69, 9.17) is 0 Å². The summed E-state index contributed by atoms with van der Waals surface area (Å²) in [6.45, 7) is 0.384. The van der Waals surface area contributed by atoms with Crippen LogP contribution < -0.4 is 5.32 Å². The van der Waals surface area contributed by atoms with Gasteiger partial charge in [0, 0.05) is 18.4 Å². The summed E-state index contributed by atoms with van der Waals surface area (Å²) in [5.41, 5.74) is 0.968. The van der Waals surface area contributed by atoms with E-state index in [2.05, 4.69) is 16.0 Å². The zero-order chi connectivity index (χ0) is 11.8. The minimum absolute atomic E-state index is 0.384. The van der Waals surface area contributed by atoms with Crippen molar-refractivity contribution in [2.75, 3.05) is 7.11 Å². The number of esters is 1. The average Bonchev–Trinajstić information content (AvgIpc) is 2.34. The number of nitrogens with one attached hydrogen (secondary N) is 1. The Morgan fingerprint density at radius 2 is 1.94 bits per heavy atom. The van der Waals surface area contributed by atoms with Gasteiger partial charge >= 0.3 is 5.97 Å². The Hall–Kier alpha value is -2.28. The number of methoxy groups -OCH3 is 1. The summed E-state index contributed by atoms with van der Waals surface area (Å²) in [5, 5.41) is 2.56. The van der Waals surface area contributed by atoms with E-state index in [9.17, 15) is 9.59 Å². The second-order valence-electron chi connectivity index (χ2n) is 2.91. The molecule has 0 bridgehead atoms. The van der Waals surface area contributed by atoms with Gasteiger partial charge in [-0.05, 0) is 5.56 Å². The maximum Gasteiger partial charge on any atom is 0.384 e. The van der Waals surface area contributed by atoms with Crippen molar-refractivity contribution in [2.45, 2.75) is 6.54 Å². The van der Waals surface area contributed by atoms with Gasteiger partial charge in [0.05, 0.1) is 7.11 Å². The summed E-state index contributed by atoms with van der Waals surface area (Å²) < 4.78 is 4.27. The zero-order valence-electron chi connectivity index (χ0n) is 8.82. The van der Waals surface area contributed by atoms with Crippen LogP contribution in [0.1, 0.15) is 5.56 Å². The Morgan fingerprint density at radius 1 is 1.25 bits per heavy atom. The van der Waals surface area contributed by atoms with Crippen molar-refractivity contribution < 1.29 is 14.3 Å². The predicted octanol–water partition coefficient (Wildman–Crippen LogP) is 0.479. The third-order valence-corrected chi connectivity index (χ3v) is 1.76. The van der Waals surface area contributed by atoms with Crippen LogP contribution in [0.15, 0.2) is 30.3 Å². The fourth-order valence-electron chi connectivity index (χ4n) is 0.981. The highest BCUT2D eigenvalue weighted by atomic mass is 16.5. The van der Waals surface area contributed by atoms with Crippen LogP contribution in [0, 0.1) is 11.8 Å². The molecule has 0 aliphatic heterocycles. The van der Waals surface area contributed by atoms with Crippen LogP contribution in [0.4, 0.5) is 0 Å². The molecule has 0 aliphatic rings. The summed E-state index contributed by atoms with van der Waals surface area (Å²) in [6.07, 6.45) is 0. The maximum atomic E-state index is 11.1. The lowest BCUT2D eigenvalue weighted by atomic mass is 10.2. The highest BCUT2D eigenvalue weighted by molar-refractivity contribution is 6.00. The van der Waals surface area contributed by atoms with Crippen molar-refractivity contribution >= 4 is 11.9 Å². The van der Waals surface area contributed by atoms with Crippen LogP contribution in [0.2, 0.25) is 0 Å². The van der Waals surface area contributed by atoms with Crippen molar-refractivity contribution in [1.29, 1.82) is 0 Å². The Balaban J connectivity index is 2.41. The molecule has 1 aromatic carbocycles. The fourth-order valence-corrected chi connectivity index (χ4v) is 0.981. The monoisotopic (exact) mass is 217 g/mol. The molecule has 0 spiro atoms. The lowest BCUT2D eigenvalue weighted by molar-refractivity contribution is -0.134. The predicted molar refractivity (Wildman–Crippen MR) is 58.1 cm³/mol. The summed E-state index contributed by atoms with van der Waals surface area (Å²) in [5.74, 6) is 2.94. The lowest BCUT2D eigenvalue weighted by Gasteiger charge is -1.99. The molecule has 0 heterocycles. The molecule has 1 aromatic rings. The molecule has 0 aliphatic carbocycles. The quantitative estimate of drug-likeness (QED) is 0.445. The van der Waals surface area contributed by atoms with Crippen LogP contribution in [-0.2, 0) is 20.9 Å². The average molecular weight is 217 g/mol. The molecule has 0 saturated carbocycles. The van der Waals surface area contributed by atoms with Crippen LogP contribution in [0.3, 0.4) is 0 Å². The molecule has 1 N–H and O–H groups in total. The number of hydrogen-bond acceptors (Lipinski definition) is 3. The minimum Gasteiger partial charge on any atom is -0.459 e. The number of rotatable bonds is 2. The van der Waals surface area contributed by atoms with Gasteiger partial charge in [0.25, 0.3) is 5.91 Å². The second kappa shape index (κ2) is 6.25. The van der Waals surface area contributed by atoms with Gasteiger partial charge in [-0.15, -0.1) is 0 Å². The normalized spacial score (nSPS) is 8.56. The molecule has 1 amide bonds. The zero-order valence-corrected chi connectivity index (χ0v) is 8.82. The Kier molecular flexibility index (Phi) is 4.61. The summed E-state index contributed by atoms with van der Waals surface area (Å²) >= 11 is 0. The standard InChI is InChI=1S/C12H11NO3/c1-16-12(15)8-7-11(14)13-9-10-5-3-2-4-6-10/h2-6H,9H2,1H3,(H,13,14). The van der Waals surface area contributed by atoms with E-state index in [1.807, 2.05) is 36.3 Å². The molecule has 0 saturated heterocycles. The van der Waals surface area contributed by atoms with Crippen molar-refractivity contribution in [1.82, 2.24) is 5.32 Å². The van der Waals surface area contributed by atoms with E-state index in [-0.39, 0.29) is 0 Å². The second-order valence-corrected chi connectivity index (χ2v) is 2.91. The highest BCUT2D eigenvalue weighted by Crippen LogP contribution is 1.96. The van der Waals surface area contributed by atoms with E-state index in [1.54, 1.807) is 0 Å². The largest absolute Gasteiger partial charge is 0.459 e. The number of ether oxygens (including phenoxy) is 1. The van der Waals surface area contributed by atoms with Crippen molar-refractivity contribution in [3.05, 3.63) is 35.9 Å². The van der Waals surface area contributed by atoms with E-state index in [0.29, 0.717) is 6.54 Å². The molecule has 0 fully saturated rings. The molecule has 16 heavy (non-hydrogen) atoms. The third-order valence-electron chi connectivity index (χ3n) is 1.76. The van der Waals surface area contributed by atoms with Gasteiger partial charge in [-0.1, -0.05) is 30.3 Å². The molecule has 1 rings (SSSR count). The van der Waals surface area contributed by atoms with Gasteiger partial charge < -0.3 is 10.1 Å². The SMILES string of the molecule is COC(=O)C#CC(=O)NCc1ccccc1. The Bertz CT molecular complexity index is 429. The van der Waals surface area contributed by atoms with Gasteiger partial charge in [-0.25, -0.2) is 4.79 Å². The Morgan fingerprint density at radius 3 is 2.56 bits per heavy atom. The smallest absolute Gasteiger partial charge is 0.384 e. The molecular weight excluding hydrogens is 206 g/mol. The molecule has 0 aromatic heterocycles.